The third-order valence-electron chi connectivity index (χ3n) is 3.25. The van der Waals surface area contributed by atoms with E-state index < -0.39 is 0 Å². The first-order valence-electron chi connectivity index (χ1n) is 6.39. The maximum atomic E-state index is 5.47. The molecule has 0 saturated carbocycles. The first-order valence-corrected chi connectivity index (χ1v) is 7.79. The molecule has 0 atom stereocenters. The lowest BCUT2D eigenvalue weighted by molar-refractivity contribution is 0.171. The zero-order chi connectivity index (χ0) is 13.8. The minimum atomic E-state index is 0.538. The lowest BCUT2D eigenvalue weighted by Crippen LogP contribution is -2.47. The zero-order valence-electron chi connectivity index (χ0n) is 11.6. The first-order chi connectivity index (χ1) is 9.11. The molecule has 1 aliphatic rings. The van der Waals surface area contributed by atoms with Crippen molar-refractivity contribution in [2.45, 2.75) is 26.4 Å². The monoisotopic (exact) mass is 296 g/mol. The van der Waals surface area contributed by atoms with Crippen molar-refractivity contribution in [3.63, 3.8) is 0 Å². The number of thioether (sulfide) groups is 1. The quantitative estimate of drug-likeness (QED) is 0.791. The number of thiocarbonyl (C=S) groups is 1. The second-order valence-corrected chi connectivity index (χ2v) is 6.45. The van der Waals surface area contributed by atoms with Crippen LogP contribution in [0.2, 0.25) is 0 Å². The number of benzene rings is 1. The number of ether oxygens (including phenoxy) is 1. The van der Waals surface area contributed by atoms with E-state index in [0.717, 1.165) is 29.2 Å². The lowest BCUT2D eigenvalue weighted by Gasteiger charge is -2.38. The fourth-order valence-electron chi connectivity index (χ4n) is 2.01. The molecule has 0 radical (unpaired) electrons. The first kappa shape index (κ1) is 14.6. The molecule has 0 unspecified atom stereocenters. The highest BCUT2D eigenvalue weighted by Crippen LogP contribution is 2.25. The van der Waals surface area contributed by atoms with Crippen molar-refractivity contribution in [1.82, 2.24) is 9.80 Å². The Balaban J connectivity index is 2.10. The molecule has 1 saturated heterocycles. The Morgan fingerprint density at radius 3 is 2.79 bits per heavy atom. The van der Waals surface area contributed by atoms with Crippen molar-refractivity contribution < 1.29 is 4.74 Å². The maximum Gasteiger partial charge on any atom is 0.138 e. The average Bonchev–Trinajstić information content (AvgIpc) is 2.41. The van der Waals surface area contributed by atoms with Crippen molar-refractivity contribution in [2.75, 3.05) is 19.7 Å². The second kappa shape index (κ2) is 6.59. The summed E-state index contributed by atoms with van der Waals surface area (Å²) < 4.78 is 6.38. The highest BCUT2D eigenvalue weighted by molar-refractivity contribution is 8.22. The number of hydrogen-bond donors (Lipinski definition) is 0. The Morgan fingerprint density at radius 2 is 2.11 bits per heavy atom. The van der Waals surface area contributed by atoms with Gasteiger partial charge in [-0.25, -0.2) is 0 Å². The van der Waals surface area contributed by atoms with E-state index in [1.807, 2.05) is 18.2 Å². The van der Waals surface area contributed by atoms with Crippen molar-refractivity contribution in [3.05, 3.63) is 29.8 Å². The fraction of sp³-hybridized carbons (Fsp3) is 0.500. The molecular formula is C14H20N2OS2. The van der Waals surface area contributed by atoms with Gasteiger partial charge in [-0.2, -0.15) is 0 Å². The predicted molar refractivity (Wildman–Crippen MR) is 85.4 cm³/mol. The van der Waals surface area contributed by atoms with Crippen molar-refractivity contribution in [2.24, 2.45) is 0 Å². The fourth-order valence-corrected chi connectivity index (χ4v) is 3.25. The highest BCUT2D eigenvalue weighted by atomic mass is 32.2. The van der Waals surface area contributed by atoms with Crippen LogP contribution in [0.25, 0.3) is 0 Å². The molecule has 19 heavy (non-hydrogen) atoms. The van der Waals surface area contributed by atoms with Gasteiger partial charge < -0.3 is 9.64 Å². The molecule has 2 rings (SSSR count). The van der Waals surface area contributed by atoms with Crippen molar-refractivity contribution in [1.29, 1.82) is 0 Å². The van der Waals surface area contributed by atoms with E-state index in [1.54, 1.807) is 18.9 Å². The zero-order valence-corrected chi connectivity index (χ0v) is 13.3. The molecule has 1 aromatic rings. The number of methoxy groups -OCH3 is 1. The Hall–Kier alpha value is -0.780. The third-order valence-corrected chi connectivity index (χ3v) is 4.83. The van der Waals surface area contributed by atoms with Gasteiger partial charge in [-0.05, 0) is 19.9 Å². The summed E-state index contributed by atoms with van der Waals surface area (Å²) in [6, 6.07) is 8.66. The molecule has 1 heterocycles. The van der Waals surface area contributed by atoms with Crippen LogP contribution in [0.15, 0.2) is 24.3 Å². The van der Waals surface area contributed by atoms with Gasteiger partial charge in [0.05, 0.1) is 19.7 Å². The molecule has 0 aliphatic carbocycles. The van der Waals surface area contributed by atoms with Crippen LogP contribution in [0.1, 0.15) is 19.4 Å². The second-order valence-electron chi connectivity index (χ2n) is 4.87. The molecule has 1 aliphatic heterocycles. The van der Waals surface area contributed by atoms with Crippen LogP contribution in [0.5, 0.6) is 5.75 Å². The van der Waals surface area contributed by atoms with E-state index in [2.05, 4.69) is 29.7 Å². The smallest absolute Gasteiger partial charge is 0.138 e. The van der Waals surface area contributed by atoms with Gasteiger partial charge in [-0.15, -0.1) is 0 Å². The summed E-state index contributed by atoms with van der Waals surface area (Å²) in [5, 5.41) is 0. The van der Waals surface area contributed by atoms with Crippen LogP contribution in [0.4, 0.5) is 0 Å². The summed E-state index contributed by atoms with van der Waals surface area (Å²) in [4.78, 5) is 4.65. The largest absolute Gasteiger partial charge is 0.496 e. The van der Waals surface area contributed by atoms with Crippen LogP contribution in [-0.4, -0.2) is 39.8 Å². The summed E-state index contributed by atoms with van der Waals surface area (Å²) in [6.07, 6.45) is 0. The topological polar surface area (TPSA) is 15.7 Å². The Morgan fingerprint density at radius 1 is 1.37 bits per heavy atom. The van der Waals surface area contributed by atoms with Gasteiger partial charge in [0, 0.05) is 18.2 Å². The van der Waals surface area contributed by atoms with Gasteiger partial charge in [-0.3, -0.25) is 4.90 Å². The van der Waals surface area contributed by atoms with Gasteiger partial charge in [0.15, 0.2) is 0 Å². The van der Waals surface area contributed by atoms with Gasteiger partial charge >= 0.3 is 0 Å². The molecule has 1 fully saturated rings. The molecule has 3 nitrogen and oxygen atoms in total. The number of hydrogen-bond acceptors (Lipinski definition) is 4. The minimum Gasteiger partial charge on any atom is -0.496 e. The summed E-state index contributed by atoms with van der Waals surface area (Å²) in [7, 11) is 1.71. The van der Waals surface area contributed by atoms with Crippen molar-refractivity contribution >= 4 is 28.3 Å². The summed E-state index contributed by atoms with van der Waals surface area (Å²) >= 11 is 7.20. The normalized spacial score (nSPS) is 17.1. The van der Waals surface area contributed by atoms with E-state index in [-0.39, 0.29) is 0 Å². The Labute approximate surface area is 124 Å². The Bertz CT molecular complexity index is 451. The van der Waals surface area contributed by atoms with Crippen LogP contribution < -0.4 is 4.74 Å². The van der Waals surface area contributed by atoms with E-state index in [9.17, 15) is 0 Å². The maximum absolute atomic E-state index is 5.47. The number of nitrogens with zero attached hydrogens (tertiary/aromatic N) is 2. The van der Waals surface area contributed by atoms with Crippen molar-refractivity contribution in [3.8, 4) is 5.75 Å². The van der Waals surface area contributed by atoms with Crippen LogP contribution >= 0.6 is 24.0 Å². The highest BCUT2D eigenvalue weighted by Gasteiger charge is 2.23. The Kier molecular flexibility index (Phi) is 5.07. The summed E-state index contributed by atoms with van der Waals surface area (Å²) in [5.41, 5.74) is 1.18. The molecule has 0 bridgehead atoms. The molecular weight excluding hydrogens is 276 g/mol. The van der Waals surface area contributed by atoms with Gasteiger partial charge in [0.25, 0.3) is 0 Å². The van der Waals surface area contributed by atoms with Crippen LogP contribution in [0, 0.1) is 0 Å². The minimum absolute atomic E-state index is 0.538. The molecule has 104 valence electrons. The van der Waals surface area contributed by atoms with E-state index in [4.69, 9.17) is 17.0 Å². The molecule has 0 aromatic heterocycles. The molecule has 0 spiro atoms. The molecule has 0 N–H and O–H groups in total. The SMILES string of the molecule is COc1ccccc1CN1CN(C(C)C)CSC1=S. The molecule has 1 aromatic carbocycles. The number of rotatable bonds is 4. The van der Waals surface area contributed by atoms with Crippen LogP contribution in [0.3, 0.4) is 0 Å². The number of para-hydroxylation sites is 1. The summed E-state index contributed by atoms with van der Waals surface area (Å²) in [6.45, 7) is 6.13. The van der Waals surface area contributed by atoms with Gasteiger partial charge in [-0.1, -0.05) is 42.2 Å². The summed E-state index contributed by atoms with van der Waals surface area (Å²) in [5.74, 6) is 1.91. The molecule has 5 heteroatoms. The van der Waals surface area contributed by atoms with E-state index in [0.29, 0.717) is 6.04 Å². The van der Waals surface area contributed by atoms with Crippen LogP contribution in [-0.2, 0) is 6.54 Å². The average molecular weight is 296 g/mol. The van der Waals surface area contributed by atoms with Gasteiger partial charge in [0.1, 0.15) is 10.1 Å². The van der Waals surface area contributed by atoms with E-state index >= 15 is 0 Å². The molecule has 0 amide bonds. The predicted octanol–water partition coefficient (Wildman–Crippen LogP) is 3.15. The van der Waals surface area contributed by atoms with E-state index in [1.165, 1.54) is 5.56 Å². The standard InChI is InChI=1S/C14H20N2OS2/c1-11(2)16-9-15(14(18)19-10-16)8-12-6-4-5-7-13(12)17-3/h4-7,11H,8-10H2,1-3H3. The lowest BCUT2D eigenvalue weighted by atomic mass is 10.2. The third kappa shape index (κ3) is 3.61. The van der Waals surface area contributed by atoms with Gasteiger partial charge in [0.2, 0.25) is 0 Å².